The first-order valence-corrected chi connectivity index (χ1v) is 8.06. The molecule has 0 unspecified atom stereocenters. The number of hydrogen-bond acceptors (Lipinski definition) is 3. The first kappa shape index (κ1) is 14.8. The van der Waals surface area contributed by atoms with Crippen LogP contribution in [0.15, 0.2) is 42.6 Å². The zero-order valence-electron chi connectivity index (χ0n) is 13.1. The number of H-pyrrole nitrogens is 1. The average molecular weight is 324 g/mol. The van der Waals surface area contributed by atoms with Crippen molar-refractivity contribution in [3.8, 4) is 0 Å². The van der Waals surface area contributed by atoms with Crippen LogP contribution < -0.4 is 0 Å². The SMILES string of the molecule is O=C(c1cccc(F)c1)N1CCC(c2[nH]nc3ncccc23)CC1. The summed E-state index contributed by atoms with van der Waals surface area (Å²) in [5.41, 5.74) is 2.23. The van der Waals surface area contributed by atoms with E-state index in [0.717, 1.165) is 29.6 Å². The molecule has 24 heavy (non-hydrogen) atoms. The summed E-state index contributed by atoms with van der Waals surface area (Å²) >= 11 is 0. The fourth-order valence-corrected chi connectivity index (χ4v) is 3.36. The van der Waals surface area contributed by atoms with Crippen LogP contribution in [0.4, 0.5) is 4.39 Å². The molecule has 0 aliphatic carbocycles. The molecule has 1 aliphatic rings. The van der Waals surface area contributed by atoms with Crippen LogP contribution in [0.3, 0.4) is 0 Å². The number of aromatic nitrogens is 3. The van der Waals surface area contributed by atoms with E-state index in [2.05, 4.69) is 15.2 Å². The number of likely N-dealkylation sites (tertiary alicyclic amines) is 1. The Bertz CT molecular complexity index is 883. The Labute approximate surface area is 138 Å². The minimum Gasteiger partial charge on any atom is -0.339 e. The van der Waals surface area contributed by atoms with E-state index in [-0.39, 0.29) is 11.7 Å². The van der Waals surface area contributed by atoms with Gasteiger partial charge in [-0.25, -0.2) is 9.37 Å². The van der Waals surface area contributed by atoms with Gasteiger partial charge < -0.3 is 4.90 Å². The van der Waals surface area contributed by atoms with E-state index >= 15 is 0 Å². The van der Waals surface area contributed by atoms with E-state index in [9.17, 15) is 9.18 Å². The third-order valence-electron chi connectivity index (χ3n) is 4.62. The number of benzene rings is 1. The Kier molecular flexibility index (Phi) is 3.72. The highest BCUT2D eigenvalue weighted by Gasteiger charge is 2.26. The Morgan fingerprint density at radius 1 is 1.21 bits per heavy atom. The smallest absolute Gasteiger partial charge is 0.253 e. The Balaban J connectivity index is 1.48. The maximum atomic E-state index is 13.3. The highest BCUT2D eigenvalue weighted by Crippen LogP contribution is 2.31. The molecule has 2 aromatic heterocycles. The Morgan fingerprint density at radius 3 is 2.83 bits per heavy atom. The lowest BCUT2D eigenvalue weighted by Crippen LogP contribution is -2.38. The monoisotopic (exact) mass is 324 g/mol. The summed E-state index contributed by atoms with van der Waals surface area (Å²) in [7, 11) is 0. The van der Waals surface area contributed by atoms with Crippen molar-refractivity contribution in [3.63, 3.8) is 0 Å². The summed E-state index contributed by atoms with van der Waals surface area (Å²) in [6.45, 7) is 1.31. The number of amides is 1. The molecular formula is C18H17FN4O. The van der Waals surface area contributed by atoms with E-state index in [1.54, 1.807) is 23.2 Å². The van der Waals surface area contributed by atoms with Gasteiger partial charge >= 0.3 is 0 Å². The molecule has 0 bridgehead atoms. The number of carbonyl (C=O) groups is 1. The largest absolute Gasteiger partial charge is 0.339 e. The van der Waals surface area contributed by atoms with Crippen LogP contribution >= 0.6 is 0 Å². The van der Waals surface area contributed by atoms with Crippen molar-refractivity contribution in [3.05, 3.63) is 59.7 Å². The van der Waals surface area contributed by atoms with Gasteiger partial charge in [-0.1, -0.05) is 6.07 Å². The van der Waals surface area contributed by atoms with Crippen molar-refractivity contribution in [2.24, 2.45) is 0 Å². The molecule has 5 nitrogen and oxygen atoms in total. The molecule has 1 N–H and O–H groups in total. The minimum atomic E-state index is -0.382. The molecule has 0 saturated carbocycles. The van der Waals surface area contributed by atoms with Crippen molar-refractivity contribution < 1.29 is 9.18 Å². The maximum absolute atomic E-state index is 13.3. The van der Waals surface area contributed by atoms with Gasteiger partial charge in [0, 0.05) is 41.8 Å². The van der Waals surface area contributed by atoms with Gasteiger partial charge in [0.05, 0.1) is 0 Å². The lowest BCUT2D eigenvalue weighted by Gasteiger charge is -2.31. The topological polar surface area (TPSA) is 61.9 Å². The summed E-state index contributed by atoms with van der Waals surface area (Å²) < 4.78 is 13.3. The molecular weight excluding hydrogens is 307 g/mol. The highest BCUT2D eigenvalue weighted by molar-refractivity contribution is 5.94. The number of rotatable bonds is 2. The van der Waals surface area contributed by atoms with Gasteiger partial charge in [-0.05, 0) is 43.2 Å². The van der Waals surface area contributed by atoms with Crippen molar-refractivity contribution in [1.82, 2.24) is 20.1 Å². The molecule has 0 spiro atoms. The third kappa shape index (κ3) is 2.64. The second-order valence-electron chi connectivity index (χ2n) is 6.09. The van der Waals surface area contributed by atoms with Crippen molar-refractivity contribution in [1.29, 1.82) is 0 Å². The van der Waals surface area contributed by atoms with E-state index < -0.39 is 0 Å². The van der Waals surface area contributed by atoms with E-state index in [4.69, 9.17) is 0 Å². The number of fused-ring (bicyclic) bond motifs is 1. The second kappa shape index (κ2) is 6.03. The molecule has 1 amide bonds. The summed E-state index contributed by atoms with van der Waals surface area (Å²) in [4.78, 5) is 18.5. The summed E-state index contributed by atoms with van der Waals surface area (Å²) in [6.07, 6.45) is 3.44. The Hall–Kier alpha value is -2.76. The molecule has 4 rings (SSSR count). The minimum absolute atomic E-state index is 0.107. The molecule has 1 fully saturated rings. The zero-order valence-corrected chi connectivity index (χ0v) is 13.1. The Morgan fingerprint density at radius 2 is 2.04 bits per heavy atom. The molecule has 3 aromatic rings. The van der Waals surface area contributed by atoms with Crippen LogP contribution in [0, 0.1) is 5.82 Å². The lowest BCUT2D eigenvalue weighted by molar-refractivity contribution is 0.0712. The van der Waals surface area contributed by atoms with Crippen molar-refractivity contribution in [2.75, 3.05) is 13.1 Å². The molecule has 1 aliphatic heterocycles. The van der Waals surface area contributed by atoms with Gasteiger partial charge in [-0.15, -0.1) is 0 Å². The van der Waals surface area contributed by atoms with Crippen LogP contribution in [0.2, 0.25) is 0 Å². The number of nitrogens with one attached hydrogen (secondary N) is 1. The molecule has 122 valence electrons. The lowest BCUT2D eigenvalue weighted by atomic mass is 9.91. The molecule has 3 heterocycles. The summed E-state index contributed by atoms with van der Waals surface area (Å²) in [5, 5.41) is 8.40. The first-order chi connectivity index (χ1) is 11.7. The van der Waals surface area contributed by atoms with Gasteiger partial charge in [-0.3, -0.25) is 9.89 Å². The molecule has 6 heteroatoms. The number of pyridine rings is 1. The fraction of sp³-hybridized carbons (Fsp3) is 0.278. The number of aromatic amines is 1. The molecule has 0 atom stereocenters. The number of halogens is 1. The standard InChI is InChI=1S/C18H17FN4O/c19-14-4-1-3-13(11-14)18(24)23-9-6-12(7-10-23)16-15-5-2-8-20-17(15)22-21-16/h1-5,8,11-12H,6-7,9-10H2,(H,20,21,22). The van der Waals surface area contributed by atoms with Crippen LogP contribution in [-0.2, 0) is 0 Å². The van der Waals surface area contributed by atoms with Crippen molar-refractivity contribution >= 4 is 16.9 Å². The summed E-state index contributed by atoms with van der Waals surface area (Å²) in [6, 6.07) is 9.79. The normalized spacial score (nSPS) is 15.8. The van der Waals surface area contributed by atoms with Gasteiger partial charge in [-0.2, -0.15) is 5.10 Å². The zero-order chi connectivity index (χ0) is 16.5. The van der Waals surface area contributed by atoms with E-state index in [1.165, 1.54) is 12.1 Å². The van der Waals surface area contributed by atoms with Gasteiger partial charge in [0.1, 0.15) is 5.82 Å². The number of hydrogen-bond donors (Lipinski definition) is 1. The summed E-state index contributed by atoms with van der Waals surface area (Å²) in [5.74, 6) is -0.160. The second-order valence-corrected chi connectivity index (χ2v) is 6.09. The highest BCUT2D eigenvalue weighted by atomic mass is 19.1. The van der Waals surface area contributed by atoms with E-state index in [0.29, 0.717) is 24.6 Å². The third-order valence-corrected chi connectivity index (χ3v) is 4.62. The average Bonchev–Trinajstić information content (AvgIpc) is 3.05. The van der Waals surface area contributed by atoms with Gasteiger partial charge in [0.25, 0.3) is 5.91 Å². The fourth-order valence-electron chi connectivity index (χ4n) is 3.36. The molecule has 1 aromatic carbocycles. The molecule has 1 saturated heterocycles. The number of carbonyl (C=O) groups excluding carboxylic acids is 1. The van der Waals surface area contributed by atoms with Crippen LogP contribution in [0.1, 0.15) is 34.8 Å². The van der Waals surface area contributed by atoms with Gasteiger partial charge in [0.15, 0.2) is 5.65 Å². The maximum Gasteiger partial charge on any atom is 0.253 e. The molecule has 0 radical (unpaired) electrons. The van der Waals surface area contributed by atoms with Crippen LogP contribution in [0.5, 0.6) is 0 Å². The predicted molar refractivity (Wildman–Crippen MR) is 88.2 cm³/mol. The predicted octanol–water partition coefficient (Wildman–Crippen LogP) is 3.12. The van der Waals surface area contributed by atoms with Crippen LogP contribution in [0.25, 0.3) is 11.0 Å². The number of nitrogens with zero attached hydrogens (tertiary/aromatic N) is 3. The van der Waals surface area contributed by atoms with Crippen molar-refractivity contribution in [2.45, 2.75) is 18.8 Å². The number of piperidine rings is 1. The van der Waals surface area contributed by atoms with Crippen LogP contribution in [-0.4, -0.2) is 39.1 Å². The van der Waals surface area contributed by atoms with E-state index in [1.807, 2.05) is 12.1 Å². The quantitative estimate of drug-likeness (QED) is 0.788. The van der Waals surface area contributed by atoms with Gasteiger partial charge in [0.2, 0.25) is 0 Å². The first-order valence-electron chi connectivity index (χ1n) is 8.06.